The van der Waals surface area contributed by atoms with E-state index >= 15 is 0 Å². The predicted octanol–water partition coefficient (Wildman–Crippen LogP) is 4.00. The smallest absolute Gasteiger partial charge is 0.0412 e. The molecule has 1 aliphatic rings. The van der Waals surface area contributed by atoms with Gasteiger partial charge in [0.2, 0.25) is 0 Å². The first-order valence-corrected chi connectivity index (χ1v) is 5.33. The summed E-state index contributed by atoms with van der Waals surface area (Å²) < 4.78 is 0. The molecule has 1 rings (SSSR count). The van der Waals surface area contributed by atoms with E-state index < -0.39 is 0 Å². The molecule has 0 aliphatic heterocycles. The van der Waals surface area contributed by atoms with E-state index in [1.165, 1.54) is 44.9 Å². The van der Waals surface area contributed by atoms with E-state index in [1.54, 1.807) is 0 Å². The van der Waals surface area contributed by atoms with Crippen LogP contribution in [0.1, 0.15) is 58.8 Å². The lowest BCUT2D eigenvalue weighted by Crippen LogP contribution is -2.12. The third-order valence-electron chi connectivity index (χ3n) is 3.01. The maximum atomic E-state index is 2.41. The van der Waals surface area contributed by atoms with Crippen LogP contribution in [0.15, 0.2) is 0 Å². The number of hydrogen-bond acceptors (Lipinski definition) is 0. The maximum Gasteiger partial charge on any atom is -0.0412 e. The van der Waals surface area contributed by atoms with Gasteiger partial charge in [0.25, 0.3) is 0 Å². The molecule has 0 amide bonds. The molecule has 0 aromatic rings. The summed E-state index contributed by atoms with van der Waals surface area (Å²) in [5, 5.41) is 0. The molecule has 11 heavy (non-hydrogen) atoms. The topological polar surface area (TPSA) is 0 Å². The molecule has 0 N–H and O–H groups in total. The van der Waals surface area contributed by atoms with E-state index in [-0.39, 0.29) is 0 Å². The quantitative estimate of drug-likeness (QED) is 0.576. The van der Waals surface area contributed by atoms with Crippen LogP contribution in [-0.2, 0) is 0 Å². The van der Waals surface area contributed by atoms with Crippen molar-refractivity contribution in [3.8, 4) is 0 Å². The number of hydrogen-bond donors (Lipinski definition) is 0. The predicted molar refractivity (Wildman–Crippen MR) is 50.6 cm³/mol. The van der Waals surface area contributed by atoms with Crippen molar-refractivity contribution in [2.24, 2.45) is 11.8 Å². The molecule has 0 nitrogen and oxygen atoms in total. The van der Waals surface area contributed by atoms with Gasteiger partial charge in [0.05, 0.1) is 0 Å². The van der Waals surface area contributed by atoms with E-state index in [2.05, 4.69) is 13.8 Å². The number of unbranched alkanes of at least 4 members (excludes halogenated alkanes) is 1. The normalized spacial score (nSPS) is 32.2. The highest BCUT2D eigenvalue weighted by Crippen LogP contribution is 2.31. The Morgan fingerprint density at radius 3 is 2.73 bits per heavy atom. The average Bonchev–Trinajstić information content (AvgIpc) is 2.01. The first-order chi connectivity index (χ1) is 5.33. The van der Waals surface area contributed by atoms with Gasteiger partial charge in [0.15, 0.2) is 0 Å². The molecule has 2 atom stereocenters. The van der Waals surface area contributed by atoms with Crippen LogP contribution >= 0.6 is 0 Å². The third-order valence-corrected chi connectivity index (χ3v) is 3.01. The van der Waals surface area contributed by atoms with Crippen molar-refractivity contribution >= 4 is 0 Å². The van der Waals surface area contributed by atoms with Crippen molar-refractivity contribution < 1.29 is 0 Å². The molecular weight excluding hydrogens is 132 g/mol. The van der Waals surface area contributed by atoms with Crippen molar-refractivity contribution in [2.75, 3.05) is 0 Å². The van der Waals surface area contributed by atoms with Gasteiger partial charge in [-0.05, 0) is 18.3 Å². The van der Waals surface area contributed by atoms with E-state index in [4.69, 9.17) is 0 Å². The van der Waals surface area contributed by atoms with Gasteiger partial charge in [-0.15, -0.1) is 0 Å². The molecule has 1 fully saturated rings. The minimum atomic E-state index is 1.02. The van der Waals surface area contributed by atoms with Crippen LogP contribution in [0.3, 0.4) is 0 Å². The molecule has 0 aromatic carbocycles. The Bertz CT molecular complexity index is 96.2. The molecule has 1 saturated carbocycles. The highest BCUT2D eigenvalue weighted by atomic mass is 14.2. The zero-order chi connectivity index (χ0) is 8.10. The Hall–Kier alpha value is 0. The highest BCUT2D eigenvalue weighted by molar-refractivity contribution is 4.70. The summed E-state index contributed by atoms with van der Waals surface area (Å²) in [4.78, 5) is 0. The Kier molecular flexibility index (Phi) is 3.96. The monoisotopic (exact) mass is 154 g/mol. The fourth-order valence-electron chi connectivity index (χ4n) is 2.31. The summed E-state index contributed by atoms with van der Waals surface area (Å²) in [5.41, 5.74) is 0. The van der Waals surface area contributed by atoms with Crippen molar-refractivity contribution in [3.63, 3.8) is 0 Å². The first kappa shape index (κ1) is 9.09. The molecule has 1 aliphatic carbocycles. The van der Waals surface area contributed by atoms with Crippen molar-refractivity contribution in [1.82, 2.24) is 0 Å². The molecular formula is C11H22. The Morgan fingerprint density at radius 1 is 1.27 bits per heavy atom. The molecule has 66 valence electrons. The van der Waals surface area contributed by atoms with Gasteiger partial charge < -0.3 is 0 Å². The second kappa shape index (κ2) is 4.79. The van der Waals surface area contributed by atoms with Gasteiger partial charge in [-0.1, -0.05) is 52.4 Å². The van der Waals surface area contributed by atoms with Crippen LogP contribution in [-0.4, -0.2) is 0 Å². The summed E-state index contributed by atoms with van der Waals surface area (Å²) in [6, 6.07) is 0. The molecule has 0 spiro atoms. The Labute approximate surface area is 71.4 Å². The van der Waals surface area contributed by atoms with E-state index in [0.717, 1.165) is 11.8 Å². The number of rotatable bonds is 3. The molecule has 0 bridgehead atoms. The summed E-state index contributed by atoms with van der Waals surface area (Å²) >= 11 is 0. The standard InChI is InChI=1S/C11H22/c1-3-4-7-11-8-5-6-10(2)9-11/h10-11H,3-9H2,1-2H3/t10-,11-/m0/s1. The molecule has 0 saturated heterocycles. The third kappa shape index (κ3) is 3.27. The fourth-order valence-corrected chi connectivity index (χ4v) is 2.31. The first-order valence-electron chi connectivity index (χ1n) is 5.33. The van der Waals surface area contributed by atoms with Gasteiger partial charge >= 0.3 is 0 Å². The summed E-state index contributed by atoms with van der Waals surface area (Å²) in [7, 11) is 0. The van der Waals surface area contributed by atoms with Gasteiger partial charge in [-0.2, -0.15) is 0 Å². The Morgan fingerprint density at radius 2 is 2.09 bits per heavy atom. The Balaban J connectivity index is 2.12. The van der Waals surface area contributed by atoms with Crippen LogP contribution < -0.4 is 0 Å². The zero-order valence-electron chi connectivity index (χ0n) is 8.10. The zero-order valence-corrected chi connectivity index (χ0v) is 8.10. The van der Waals surface area contributed by atoms with Gasteiger partial charge in [-0.3, -0.25) is 0 Å². The minimum absolute atomic E-state index is 1.02. The van der Waals surface area contributed by atoms with Crippen LogP contribution in [0.25, 0.3) is 0 Å². The summed E-state index contributed by atoms with van der Waals surface area (Å²) in [6.07, 6.45) is 10.4. The van der Waals surface area contributed by atoms with Crippen LogP contribution in [0.2, 0.25) is 0 Å². The second-order valence-corrected chi connectivity index (χ2v) is 4.28. The minimum Gasteiger partial charge on any atom is -0.0654 e. The van der Waals surface area contributed by atoms with Crippen molar-refractivity contribution in [2.45, 2.75) is 58.8 Å². The molecule has 0 heterocycles. The average molecular weight is 154 g/mol. The molecule has 0 radical (unpaired) electrons. The summed E-state index contributed by atoms with van der Waals surface area (Å²) in [5.74, 6) is 2.10. The maximum absolute atomic E-state index is 2.41. The lowest BCUT2D eigenvalue weighted by atomic mass is 9.80. The van der Waals surface area contributed by atoms with Crippen LogP contribution in [0, 0.1) is 11.8 Å². The van der Waals surface area contributed by atoms with Crippen molar-refractivity contribution in [3.05, 3.63) is 0 Å². The van der Waals surface area contributed by atoms with E-state index in [0.29, 0.717) is 0 Å². The fraction of sp³-hybridized carbons (Fsp3) is 1.00. The lowest BCUT2D eigenvalue weighted by Gasteiger charge is -2.26. The van der Waals surface area contributed by atoms with Crippen LogP contribution in [0.4, 0.5) is 0 Å². The SMILES string of the molecule is CCCC[C@H]1CCC[C@H](C)C1. The molecule has 0 heteroatoms. The van der Waals surface area contributed by atoms with Crippen molar-refractivity contribution in [1.29, 1.82) is 0 Å². The van der Waals surface area contributed by atoms with Gasteiger partial charge in [0.1, 0.15) is 0 Å². The lowest BCUT2D eigenvalue weighted by molar-refractivity contribution is 0.265. The van der Waals surface area contributed by atoms with Crippen LogP contribution in [0.5, 0.6) is 0 Å². The molecule has 0 unspecified atom stereocenters. The van der Waals surface area contributed by atoms with Gasteiger partial charge in [-0.25, -0.2) is 0 Å². The highest BCUT2D eigenvalue weighted by Gasteiger charge is 2.17. The molecule has 0 aromatic heterocycles. The summed E-state index contributed by atoms with van der Waals surface area (Å²) in [6.45, 7) is 4.71. The van der Waals surface area contributed by atoms with E-state index in [9.17, 15) is 0 Å². The second-order valence-electron chi connectivity index (χ2n) is 4.28. The largest absolute Gasteiger partial charge is 0.0654 e. The van der Waals surface area contributed by atoms with Gasteiger partial charge in [0, 0.05) is 0 Å². The van der Waals surface area contributed by atoms with E-state index in [1.807, 2.05) is 0 Å².